The Balaban J connectivity index is 1.01. The van der Waals surface area contributed by atoms with E-state index in [1.807, 2.05) is 0 Å². The Labute approximate surface area is 402 Å². The molecule has 0 atom stereocenters. The lowest BCUT2D eigenvalue weighted by molar-refractivity contribution is 0.775. The van der Waals surface area contributed by atoms with Crippen LogP contribution >= 0.6 is 0 Å². The van der Waals surface area contributed by atoms with Gasteiger partial charge in [0.15, 0.2) is 0 Å². The molecule has 11 aromatic carbocycles. The zero-order valence-electron chi connectivity index (χ0n) is 37.8. The van der Waals surface area contributed by atoms with Crippen molar-refractivity contribution < 1.29 is 0 Å². The van der Waals surface area contributed by atoms with Crippen LogP contribution in [-0.2, 0) is 10.8 Å². The van der Waals surface area contributed by atoms with Crippen LogP contribution in [0.4, 0.5) is 17.1 Å². The van der Waals surface area contributed by atoms with Gasteiger partial charge in [-0.05, 0) is 148 Å². The largest absolute Gasteiger partial charge is 0.310 e. The summed E-state index contributed by atoms with van der Waals surface area (Å²) in [4.78, 5) is 2.51. The minimum Gasteiger partial charge on any atom is -0.310 e. The second-order valence-electron chi connectivity index (χ2n) is 19.0. The lowest BCUT2D eigenvalue weighted by atomic mass is 9.66. The molecule has 0 bridgehead atoms. The van der Waals surface area contributed by atoms with E-state index in [1.54, 1.807) is 0 Å². The summed E-state index contributed by atoms with van der Waals surface area (Å²) in [6.07, 6.45) is 0. The highest BCUT2D eigenvalue weighted by Gasteiger charge is 2.53. The summed E-state index contributed by atoms with van der Waals surface area (Å²) in [5.74, 6) is 0. The van der Waals surface area contributed by atoms with Gasteiger partial charge in [0.2, 0.25) is 0 Å². The van der Waals surface area contributed by atoms with Crippen molar-refractivity contribution in [2.24, 2.45) is 0 Å². The van der Waals surface area contributed by atoms with Gasteiger partial charge >= 0.3 is 0 Å². The molecular formula is C68H43N. The van der Waals surface area contributed by atoms with Crippen molar-refractivity contribution in [2.75, 3.05) is 4.90 Å². The van der Waals surface area contributed by atoms with Gasteiger partial charge in [0, 0.05) is 17.1 Å². The molecule has 0 saturated heterocycles. The van der Waals surface area contributed by atoms with E-state index in [9.17, 15) is 0 Å². The fraction of sp³-hybridized carbons (Fsp3) is 0.0294. The molecule has 0 amide bonds. The summed E-state index contributed by atoms with van der Waals surface area (Å²) in [7, 11) is 0. The zero-order chi connectivity index (χ0) is 45.3. The Bertz CT molecular complexity index is 3780. The fourth-order valence-electron chi connectivity index (χ4n) is 13.3. The van der Waals surface area contributed by atoms with Crippen molar-refractivity contribution in [2.45, 2.75) is 10.8 Å². The van der Waals surface area contributed by atoms with Gasteiger partial charge in [-0.25, -0.2) is 0 Å². The van der Waals surface area contributed by atoms with Crippen molar-refractivity contribution in [1.29, 1.82) is 0 Å². The van der Waals surface area contributed by atoms with Crippen molar-refractivity contribution >= 4 is 17.1 Å². The summed E-state index contributed by atoms with van der Waals surface area (Å²) < 4.78 is 0. The molecule has 69 heavy (non-hydrogen) atoms. The molecule has 0 unspecified atom stereocenters. The third-order valence-electron chi connectivity index (χ3n) is 15.9. The first-order chi connectivity index (χ1) is 34.2. The number of hydrogen-bond acceptors (Lipinski definition) is 1. The molecule has 0 aromatic heterocycles. The zero-order valence-corrected chi connectivity index (χ0v) is 37.8. The first kappa shape index (κ1) is 38.3. The van der Waals surface area contributed by atoms with Gasteiger partial charge in [0.05, 0.1) is 10.8 Å². The summed E-state index contributed by atoms with van der Waals surface area (Å²) in [5, 5.41) is 0. The van der Waals surface area contributed by atoms with Gasteiger partial charge in [0.1, 0.15) is 0 Å². The smallest absolute Gasteiger partial charge is 0.0726 e. The van der Waals surface area contributed by atoms with E-state index in [4.69, 9.17) is 0 Å². The first-order valence-electron chi connectivity index (χ1n) is 24.2. The Kier molecular flexibility index (Phi) is 7.98. The van der Waals surface area contributed by atoms with E-state index < -0.39 is 10.8 Å². The minimum absolute atomic E-state index is 0.468. The van der Waals surface area contributed by atoms with Crippen molar-refractivity contribution in [3.05, 3.63) is 305 Å². The number of anilines is 3. The normalized spacial score (nSPS) is 14.0. The van der Waals surface area contributed by atoms with Crippen molar-refractivity contribution in [1.82, 2.24) is 0 Å². The topological polar surface area (TPSA) is 3.24 Å². The monoisotopic (exact) mass is 873 g/mol. The standard InChI is InChI=1S/C68H43N/c1-2-18-44(19-3-1)45-34-36-46(37-35-45)69(48-39-41-58-56-27-11-17-33-64(56)68(66(58)43-48)61-30-14-8-24-53(61)54-25-9-15-31-62(54)68)47-38-40-57-55-26-10-16-32-63(55)67(65(57)42-47)59-28-12-6-22-51(59)49-20-4-5-21-50(49)52-23-7-13-29-60(52)67/h1-43H. The lowest BCUT2D eigenvalue weighted by Crippen LogP contribution is -2.29. The van der Waals surface area contributed by atoms with Gasteiger partial charge in [-0.15, -0.1) is 0 Å². The van der Waals surface area contributed by atoms with Crippen molar-refractivity contribution in [3.8, 4) is 66.8 Å². The molecule has 15 rings (SSSR count). The molecular weight excluding hydrogens is 831 g/mol. The average Bonchev–Trinajstić information content (AvgIpc) is 3.98. The maximum absolute atomic E-state index is 2.53. The maximum Gasteiger partial charge on any atom is 0.0726 e. The molecule has 11 aromatic rings. The number of fused-ring (bicyclic) bond motifs is 22. The Hall–Kier alpha value is -8.78. The molecule has 0 aliphatic heterocycles. The second-order valence-corrected chi connectivity index (χ2v) is 19.0. The quantitative estimate of drug-likeness (QED) is 0.170. The van der Waals surface area contributed by atoms with Gasteiger partial charge in [0.25, 0.3) is 0 Å². The summed E-state index contributed by atoms with van der Waals surface area (Å²) in [6.45, 7) is 0. The molecule has 0 heterocycles. The SMILES string of the molecule is c1ccc(-c2ccc(N(c3ccc4c(c3)C3(c5ccccc5-c5ccccc5-c5ccccc53)c3ccccc3-4)c3ccc4c(c3)C3(c5ccccc5-c5ccccc53)c3ccccc3-4)cc2)cc1. The highest BCUT2D eigenvalue weighted by Crippen LogP contribution is 2.65. The van der Waals surface area contributed by atoms with E-state index in [-0.39, 0.29) is 0 Å². The lowest BCUT2D eigenvalue weighted by Gasteiger charge is -2.36. The van der Waals surface area contributed by atoms with E-state index in [0.29, 0.717) is 0 Å². The third kappa shape index (κ3) is 5.04. The number of hydrogen-bond donors (Lipinski definition) is 0. The average molecular weight is 874 g/mol. The van der Waals surface area contributed by atoms with Crippen LogP contribution in [0, 0.1) is 0 Å². The molecule has 0 fully saturated rings. The molecule has 2 spiro atoms. The first-order valence-corrected chi connectivity index (χ1v) is 24.2. The predicted molar refractivity (Wildman–Crippen MR) is 285 cm³/mol. The molecule has 320 valence electrons. The molecule has 0 saturated carbocycles. The van der Waals surface area contributed by atoms with Crippen LogP contribution in [0.25, 0.3) is 66.8 Å². The highest BCUT2D eigenvalue weighted by molar-refractivity contribution is 6.00. The van der Waals surface area contributed by atoms with Gasteiger partial charge < -0.3 is 4.90 Å². The summed E-state index contributed by atoms with van der Waals surface area (Å²) >= 11 is 0. The van der Waals surface area contributed by atoms with Crippen LogP contribution in [0.5, 0.6) is 0 Å². The summed E-state index contributed by atoms with van der Waals surface area (Å²) in [5.41, 5.74) is 28.1. The molecule has 0 radical (unpaired) electrons. The van der Waals surface area contributed by atoms with Crippen LogP contribution in [-0.4, -0.2) is 0 Å². The van der Waals surface area contributed by atoms with Crippen LogP contribution in [0.2, 0.25) is 0 Å². The fourth-order valence-corrected chi connectivity index (χ4v) is 13.3. The minimum atomic E-state index is -0.599. The van der Waals surface area contributed by atoms with E-state index in [0.717, 1.165) is 17.1 Å². The van der Waals surface area contributed by atoms with Crippen LogP contribution in [0.1, 0.15) is 44.5 Å². The molecule has 4 aliphatic rings. The molecule has 0 N–H and O–H groups in total. The van der Waals surface area contributed by atoms with Crippen LogP contribution in [0.3, 0.4) is 0 Å². The Morgan fingerprint density at radius 2 is 0.449 bits per heavy atom. The Morgan fingerprint density at radius 3 is 0.812 bits per heavy atom. The molecule has 1 nitrogen and oxygen atoms in total. The summed E-state index contributed by atoms with van der Waals surface area (Å²) in [6, 6.07) is 98.3. The van der Waals surface area contributed by atoms with Gasteiger partial charge in [-0.1, -0.05) is 224 Å². The predicted octanol–water partition coefficient (Wildman–Crippen LogP) is 17.2. The van der Waals surface area contributed by atoms with E-state index in [1.165, 1.54) is 111 Å². The third-order valence-corrected chi connectivity index (χ3v) is 15.9. The van der Waals surface area contributed by atoms with E-state index in [2.05, 4.69) is 266 Å². The van der Waals surface area contributed by atoms with Crippen molar-refractivity contribution in [3.63, 3.8) is 0 Å². The van der Waals surface area contributed by atoms with Crippen LogP contribution < -0.4 is 4.90 Å². The highest BCUT2D eigenvalue weighted by atomic mass is 15.1. The van der Waals surface area contributed by atoms with Gasteiger partial charge in [-0.3, -0.25) is 0 Å². The van der Waals surface area contributed by atoms with Gasteiger partial charge in [-0.2, -0.15) is 0 Å². The number of nitrogens with zero attached hydrogens (tertiary/aromatic N) is 1. The van der Waals surface area contributed by atoms with E-state index >= 15 is 0 Å². The molecule has 1 heteroatoms. The number of benzene rings is 11. The molecule has 4 aliphatic carbocycles. The second kappa shape index (κ2) is 14.4. The Morgan fingerprint density at radius 1 is 0.188 bits per heavy atom. The number of rotatable bonds is 4. The maximum atomic E-state index is 2.53. The van der Waals surface area contributed by atoms with Crippen LogP contribution in [0.15, 0.2) is 261 Å².